The Balaban J connectivity index is 2.07. The minimum atomic E-state index is -0.945. The first-order chi connectivity index (χ1) is 9.15. The van der Waals surface area contributed by atoms with Gasteiger partial charge >= 0.3 is 0 Å². The molecule has 0 fully saturated rings. The van der Waals surface area contributed by atoms with Gasteiger partial charge in [-0.3, -0.25) is 0 Å². The van der Waals surface area contributed by atoms with E-state index in [1.165, 1.54) is 6.07 Å². The second kappa shape index (κ2) is 4.52. The molecule has 0 saturated carbocycles. The fraction of sp³-hybridized carbons (Fsp3) is 0.125. The van der Waals surface area contributed by atoms with Crippen molar-refractivity contribution in [2.45, 2.75) is 13.0 Å². The zero-order valence-electron chi connectivity index (χ0n) is 10.5. The van der Waals surface area contributed by atoms with Crippen LogP contribution in [0.4, 0.5) is 4.39 Å². The lowest BCUT2D eigenvalue weighted by Gasteiger charge is -2.13. The standard InChI is InChI=1S/C16H14FNO/c1-10-2-4-14(17)13(8-10)16(19)12-3-5-15-11(9-12)6-7-18-15/h2-9,16,18-19H,1H3. The number of H-pyrrole nitrogens is 1. The van der Waals surface area contributed by atoms with Gasteiger partial charge in [-0.1, -0.05) is 23.8 Å². The van der Waals surface area contributed by atoms with E-state index in [2.05, 4.69) is 4.98 Å². The van der Waals surface area contributed by atoms with Gasteiger partial charge in [-0.2, -0.15) is 0 Å². The van der Waals surface area contributed by atoms with E-state index < -0.39 is 6.10 Å². The molecule has 19 heavy (non-hydrogen) atoms. The zero-order valence-corrected chi connectivity index (χ0v) is 10.5. The molecule has 0 saturated heterocycles. The number of aromatic nitrogens is 1. The third-order valence-electron chi connectivity index (χ3n) is 3.34. The molecule has 0 spiro atoms. The molecule has 3 rings (SSSR count). The van der Waals surface area contributed by atoms with Crippen LogP contribution in [0.5, 0.6) is 0 Å². The Morgan fingerprint density at radius 1 is 1.11 bits per heavy atom. The molecule has 0 aliphatic carbocycles. The highest BCUT2D eigenvalue weighted by molar-refractivity contribution is 5.80. The van der Waals surface area contributed by atoms with Crippen LogP contribution in [0.2, 0.25) is 0 Å². The molecule has 0 radical (unpaired) electrons. The van der Waals surface area contributed by atoms with Gasteiger partial charge in [-0.15, -0.1) is 0 Å². The van der Waals surface area contributed by atoms with E-state index >= 15 is 0 Å². The van der Waals surface area contributed by atoms with Gasteiger partial charge in [0.05, 0.1) is 0 Å². The minimum Gasteiger partial charge on any atom is -0.384 e. The number of aliphatic hydroxyl groups excluding tert-OH is 1. The molecular weight excluding hydrogens is 241 g/mol. The Labute approximate surface area is 110 Å². The number of halogens is 1. The molecule has 2 aromatic carbocycles. The van der Waals surface area contributed by atoms with Crippen LogP contribution in [0.3, 0.4) is 0 Å². The van der Waals surface area contributed by atoms with Crippen LogP contribution < -0.4 is 0 Å². The van der Waals surface area contributed by atoms with Crippen molar-refractivity contribution in [1.29, 1.82) is 0 Å². The number of aliphatic hydroxyl groups is 1. The van der Waals surface area contributed by atoms with E-state index in [0.717, 1.165) is 16.5 Å². The number of benzene rings is 2. The average molecular weight is 255 g/mol. The van der Waals surface area contributed by atoms with Crippen molar-refractivity contribution in [1.82, 2.24) is 4.98 Å². The molecule has 3 heteroatoms. The first kappa shape index (κ1) is 11.9. The van der Waals surface area contributed by atoms with Crippen molar-refractivity contribution in [3.8, 4) is 0 Å². The van der Waals surface area contributed by atoms with Gasteiger partial charge in [0.2, 0.25) is 0 Å². The van der Waals surface area contributed by atoms with Crippen LogP contribution >= 0.6 is 0 Å². The molecule has 1 unspecified atom stereocenters. The molecule has 1 heterocycles. The highest BCUT2D eigenvalue weighted by atomic mass is 19.1. The number of rotatable bonds is 2. The smallest absolute Gasteiger partial charge is 0.129 e. The van der Waals surface area contributed by atoms with E-state index in [0.29, 0.717) is 11.1 Å². The number of aromatic amines is 1. The van der Waals surface area contributed by atoms with Crippen LogP contribution in [-0.4, -0.2) is 10.1 Å². The monoisotopic (exact) mass is 255 g/mol. The summed E-state index contributed by atoms with van der Waals surface area (Å²) in [5, 5.41) is 11.3. The molecule has 0 bridgehead atoms. The van der Waals surface area contributed by atoms with Crippen molar-refractivity contribution in [2.24, 2.45) is 0 Å². The van der Waals surface area contributed by atoms with Crippen LogP contribution in [0.1, 0.15) is 22.8 Å². The summed E-state index contributed by atoms with van der Waals surface area (Å²) >= 11 is 0. The predicted molar refractivity (Wildman–Crippen MR) is 73.5 cm³/mol. The normalized spacial score (nSPS) is 12.8. The van der Waals surface area contributed by atoms with E-state index in [-0.39, 0.29) is 5.82 Å². The van der Waals surface area contributed by atoms with Gasteiger partial charge in [0, 0.05) is 17.3 Å². The number of aryl methyl sites for hydroxylation is 1. The van der Waals surface area contributed by atoms with Crippen LogP contribution in [0.15, 0.2) is 48.7 Å². The van der Waals surface area contributed by atoms with E-state index in [9.17, 15) is 9.50 Å². The van der Waals surface area contributed by atoms with Gasteiger partial charge < -0.3 is 10.1 Å². The summed E-state index contributed by atoms with van der Waals surface area (Å²) in [5.41, 5.74) is 2.94. The lowest BCUT2D eigenvalue weighted by atomic mass is 9.98. The topological polar surface area (TPSA) is 36.0 Å². The third-order valence-corrected chi connectivity index (χ3v) is 3.34. The highest BCUT2D eigenvalue weighted by Crippen LogP contribution is 2.27. The van der Waals surface area contributed by atoms with Gasteiger partial charge in [0.1, 0.15) is 11.9 Å². The number of hydrogen-bond donors (Lipinski definition) is 2. The molecule has 1 atom stereocenters. The fourth-order valence-corrected chi connectivity index (χ4v) is 2.29. The van der Waals surface area contributed by atoms with Crippen molar-refractivity contribution < 1.29 is 9.50 Å². The third kappa shape index (κ3) is 2.13. The molecule has 0 amide bonds. The summed E-state index contributed by atoms with van der Waals surface area (Å²) in [4.78, 5) is 3.09. The quantitative estimate of drug-likeness (QED) is 0.719. The Morgan fingerprint density at radius 3 is 2.79 bits per heavy atom. The van der Waals surface area contributed by atoms with Gasteiger partial charge in [-0.05, 0) is 42.1 Å². The minimum absolute atomic E-state index is 0.315. The molecule has 3 aromatic rings. The Hall–Kier alpha value is -2.13. The Morgan fingerprint density at radius 2 is 1.95 bits per heavy atom. The lowest BCUT2D eigenvalue weighted by Crippen LogP contribution is -2.03. The Bertz CT molecular complexity index is 732. The number of nitrogens with one attached hydrogen (secondary N) is 1. The second-order valence-electron chi connectivity index (χ2n) is 4.75. The fourth-order valence-electron chi connectivity index (χ4n) is 2.29. The number of hydrogen-bond acceptors (Lipinski definition) is 1. The van der Waals surface area contributed by atoms with Gasteiger partial charge in [0.25, 0.3) is 0 Å². The van der Waals surface area contributed by atoms with E-state index in [4.69, 9.17) is 0 Å². The second-order valence-corrected chi connectivity index (χ2v) is 4.75. The van der Waals surface area contributed by atoms with Crippen molar-refractivity contribution in [2.75, 3.05) is 0 Å². The predicted octanol–water partition coefficient (Wildman–Crippen LogP) is 3.70. The maximum atomic E-state index is 13.8. The molecule has 2 nitrogen and oxygen atoms in total. The van der Waals surface area contributed by atoms with Crippen LogP contribution in [0.25, 0.3) is 10.9 Å². The van der Waals surface area contributed by atoms with Crippen molar-refractivity contribution in [3.05, 3.63) is 71.2 Å². The molecule has 1 aromatic heterocycles. The molecule has 0 aliphatic heterocycles. The molecule has 0 aliphatic rings. The summed E-state index contributed by atoms with van der Waals surface area (Å²) in [6.07, 6.45) is 0.896. The molecular formula is C16H14FNO. The summed E-state index contributed by atoms with van der Waals surface area (Å²) in [6.45, 7) is 1.88. The van der Waals surface area contributed by atoms with Gasteiger partial charge in [-0.25, -0.2) is 4.39 Å². The Kier molecular flexibility index (Phi) is 2.84. The first-order valence-corrected chi connectivity index (χ1v) is 6.16. The lowest BCUT2D eigenvalue weighted by molar-refractivity contribution is 0.215. The van der Waals surface area contributed by atoms with E-state index in [1.807, 2.05) is 37.4 Å². The van der Waals surface area contributed by atoms with E-state index in [1.54, 1.807) is 12.1 Å². The molecule has 2 N–H and O–H groups in total. The van der Waals surface area contributed by atoms with Crippen molar-refractivity contribution >= 4 is 10.9 Å². The van der Waals surface area contributed by atoms with Crippen LogP contribution in [-0.2, 0) is 0 Å². The summed E-state index contributed by atoms with van der Waals surface area (Å²) in [5.74, 6) is -0.382. The average Bonchev–Trinajstić information content (AvgIpc) is 2.88. The zero-order chi connectivity index (χ0) is 13.4. The maximum absolute atomic E-state index is 13.8. The van der Waals surface area contributed by atoms with Crippen molar-refractivity contribution in [3.63, 3.8) is 0 Å². The SMILES string of the molecule is Cc1ccc(F)c(C(O)c2ccc3[nH]ccc3c2)c1. The molecule has 96 valence electrons. The first-order valence-electron chi connectivity index (χ1n) is 6.16. The number of fused-ring (bicyclic) bond motifs is 1. The largest absolute Gasteiger partial charge is 0.384 e. The van der Waals surface area contributed by atoms with Gasteiger partial charge in [0.15, 0.2) is 0 Å². The van der Waals surface area contributed by atoms with Crippen LogP contribution in [0, 0.1) is 12.7 Å². The summed E-state index contributed by atoms with van der Waals surface area (Å²) in [7, 11) is 0. The maximum Gasteiger partial charge on any atom is 0.129 e. The highest BCUT2D eigenvalue weighted by Gasteiger charge is 2.15. The summed E-state index contributed by atoms with van der Waals surface area (Å²) < 4.78 is 13.8. The summed E-state index contributed by atoms with van der Waals surface area (Å²) in [6, 6.07) is 12.3.